The molecule has 0 aromatic carbocycles. The second-order valence-electron chi connectivity index (χ2n) is 3.59. The summed E-state index contributed by atoms with van der Waals surface area (Å²) in [5, 5.41) is 0. The van der Waals surface area contributed by atoms with Crippen molar-refractivity contribution in [2.24, 2.45) is 0 Å². The van der Waals surface area contributed by atoms with E-state index in [1.807, 2.05) is 26.0 Å². The van der Waals surface area contributed by atoms with Crippen LogP contribution in [-0.2, 0) is 6.42 Å². The molecule has 0 aliphatic carbocycles. The predicted molar refractivity (Wildman–Crippen MR) is 63.8 cm³/mol. The van der Waals surface area contributed by atoms with Crippen LogP contribution in [0.1, 0.15) is 18.3 Å². The van der Waals surface area contributed by atoms with Crippen LogP contribution in [0.3, 0.4) is 0 Å². The second kappa shape index (κ2) is 4.26. The minimum absolute atomic E-state index is 0.547. The van der Waals surface area contributed by atoms with E-state index >= 15 is 0 Å². The number of pyridine rings is 1. The van der Waals surface area contributed by atoms with Crippen molar-refractivity contribution in [3.63, 3.8) is 0 Å². The summed E-state index contributed by atoms with van der Waals surface area (Å²) in [5.74, 6) is 1.31. The summed E-state index contributed by atoms with van der Waals surface area (Å²) in [7, 11) is 0. The monoisotopic (exact) mass is 214 g/mol. The maximum absolute atomic E-state index is 5.86. The van der Waals surface area contributed by atoms with E-state index in [1.54, 1.807) is 12.4 Å². The number of nitrogen functional groups attached to an aromatic ring is 1. The van der Waals surface area contributed by atoms with Crippen molar-refractivity contribution in [3.05, 3.63) is 35.9 Å². The van der Waals surface area contributed by atoms with E-state index < -0.39 is 0 Å². The molecule has 4 heteroatoms. The third-order valence-electron chi connectivity index (χ3n) is 2.48. The summed E-state index contributed by atoms with van der Waals surface area (Å²) in [6.45, 7) is 3.94. The van der Waals surface area contributed by atoms with Gasteiger partial charge in [0.2, 0.25) is 0 Å². The number of aryl methyl sites for hydroxylation is 1. The van der Waals surface area contributed by atoms with Crippen molar-refractivity contribution in [3.8, 4) is 11.3 Å². The van der Waals surface area contributed by atoms with Gasteiger partial charge in [0.1, 0.15) is 11.6 Å². The topological polar surface area (TPSA) is 64.7 Å². The predicted octanol–water partition coefficient (Wildman–Crippen LogP) is 1.99. The Hall–Kier alpha value is -1.97. The zero-order valence-corrected chi connectivity index (χ0v) is 9.44. The molecule has 0 saturated carbocycles. The van der Waals surface area contributed by atoms with Crippen LogP contribution in [0.15, 0.2) is 24.5 Å². The quantitative estimate of drug-likeness (QED) is 0.830. The molecule has 0 aliphatic heterocycles. The molecule has 2 aromatic heterocycles. The van der Waals surface area contributed by atoms with Crippen molar-refractivity contribution < 1.29 is 0 Å². The van der Waals surface area contributed by atoms with Gasteiger partial charge < -0.3 is 5.73 Å². The van der Waals surface area contributed by atoms with Gasteiger partial charge >= 0.3 is 0 Å². The number of nitrogens with zero attached hydrogens (tertiary/aromatic N) is 3. The summed E-state index contributed by atoms with van der Waals surface area (Å²) < 4.78 is 0. The molecular formula is C12H14N4. The molecule has 0 bridgehead atoms. The van der Waals surface area contributed by atoms with Crippen molar-refractivity contribution in [2.75, 3.05) is 5.73 Å². The van der Waals surface area contributed by atoms with E-state index in [-0.39, 0.29) is 0 Å². The van der Waals surface area contributed by atoms with Gasteiger partial charge in [-0.1, -0.05) is 6.92 Å². The lowest BCUT2D eigenvalue weighted by Crippen LogP contribution is -2.04. The lowest BCUT2D eigenvalue weighted by Gasteiger charge is -2.08. The lowest BCUT2D eigenvalue weighted by atomic mass is 10.1. The van der Waals surface area contributed by atoms with E-state index in [2.05, 4.69) is 15.0 Å². The molecule has 0 aliphatic rings. The maximum Gasteiger partial charge on any atom is 0.131 e. The van der Waals surface area contributed by atoms with Crippen LogP contribution in [0.5, 0.6) is 0 Å². The molecule has 0 saturated heterocycles. The van der Waals surface area contributed by atoms with Crippen LogP contribution >= 0.6 is 0 Å². The lowest BCUT2D eigenvalue weighted by molar-refractivity contribution is 0.939. The van der Waals surface area contributed by atoms with E-state index in [0.29, 0.717) is 5.82 Å². The van der Waals surface area contributed by atoms with Crippen molar-refractivity contribution in [1.82, 2.24) is 15.0 Å². The Labute approximate surface area is 94.6 Å². The van der Waals surface area contributed by atoms with Gasteiger partial charge in [0.05, 0.1) is 5.69 Å². The molecule has 16 heavy (non-hydrogen) atoms. The highest BCUT2D eigenvalue weighted by Gasteiger charge is 2.09. The molecule has 2 N–H and O–H groups in total. The van der Waals surface area contributed by atoms with Gasteiger partial charge in [-0.25, -0.2) is 9.97 Å². The largest absolute Gasteiger partial charge is 0.383 e. The van der Waals surface area contributed by atoms with Crippen LogP contribution in [-0.4, -0.2) is 15.0 Å². The highest BCUT2D eigenvalue weighted by Crippen LogP contribution is 2.23. The summed E-state index contributed by atoms with van der Waals surface area (Å²) >= 11 is 0. The number of aromatic nitrogens is 3. The molecular weight excluding hydrogens is 200 g/mol. The molecule has 2 rings (SSSR count). The van der Waals surface area contributed by atoms with Gasteiger partial charge in [-0.3, -0.25) is 4.98 Å². The van der Waals surface area contributed by atoms with Gasteiger partial charge in [-0.15, -0.1) is 0 Å². The Kier molecular flexibility index (Phi) is 2.81. The molecule has 0 fully saturated rings. The zero-order chi connectivity index (χ0) is 11.5. The SMILES string of the molecule is CCc1nc(N)c(C)c(-c2cccnc2)n1. The Bertz CT molecular complexity index is 494. The smallest absolute Gasteiger partial charge is 0.131 e. The minimum Gasteiger partial charge on any atom is -0.383 e. The van der Waals surface area contributed by atoms with Crippen molar-refractivity contribution >= 4 is 5.82 Å². The maximum atomic E-state index is 5.86. The second-order valence-corrected chi connectivity index (χ2v) is 3.59. The fourth-order valence-corrected chi connectivity index (χ4v) is 1.52. The third-order valence-corrected chi connectivity index (χ3v) is 2.48. The van der Waals surface area contributed by atoms with E-state index in [9.17, 15) is 0 Å². The van der Waals surface area contributed by atoms with Gasteiger partial charge in [0.15, 0.2) is 0 Å². The van der Waals surface area contributed by atoms with Crippen LogP contribution in [0, 0.1) is 6.92 Å². The zero-order valence-electron chi connectivity index (χ0n) is 9.44. The molecule has 0 amide bonds. The molecule has 2 aromatic rings. The van der Waals surface area contributed by atoms with Crippen LogP contribution in [0.2, 0.25) is 0 Å². The first-order valence-corrected chi connectivity index (χ1v) is 5.25. The average Bonchev–Trinajstić information content (AvgIpc) is 2.33. The molecule has 0 radical (unpaired) electrons. The first-order valence-electron chi connectivity index (χ1n) is 5.25. The fraction of sp³-hybridized carbons (Fsp3) is 0.250. The van der Waals surface area contributed by atoms with Gasteiger partial charge in [0.25, 0.3) is 0 Å². The molecule has 0 spiro atoms. The Morgan fingerprint density at radius 2 is 2.12 bits per heavy atom. The normalized spacial score (nSPS) is 10.4. The fourth-order valence-electron chi connectivity index (χ4n) is 1.52. The third kappa shape index (κ3) is 1.86. The molecule has 0 unspecified atom stereocenters. The standard InChI is InChI=1S/C12H14N4/c1-3-10-15-11(8(2)12(13)16-10)9-5-4-6-14-7-9/h4-7H,3H2,1-2H3,(H2,13,15,16). The molecule has 0 atom stereocenters. The van der Waals surface area contributed by atoms with E-state index in [4.69, 9.17) is 5.73 Å². The number of nitrogens with two attached hydrogens (primary N) is 1. The Morgan fingerprint density at radius 3 is 2.75 bits per heavy atom. The van der Waals surface area contributed by atoms with Crippen molar-refractivity contribution in [2.45, 2.75) is 20.3 Å². The van der Waals surface area contributed by atoms with E-state index in [1.165, 1.54) is 0 Å². The van der Waals surface area contributed by atoms with Gasteiger partial charge in [-0.05, 0) is 19.1 Å². The van der Waals surface area contributed by atoms with Crippen LogP contribution in [0.4, 0.5) is 5.82 Å². The summed E-state index contributed by atoms with van der Waals surface area (Å²) in [5.41, 5.74) is 8.62. The molecule has 4 nitrogen and oxygen atoms in total. The van der Waals surface area contributed by atoms with Gasteiger partial charge in [0, 0.05) is 29.9 Å². The molecule has 2 heterocycles. The number of hydrogen-bond acceptors (Lipinski definition) is 4. The first kappa shape index (κ1) is 10.5. The summed E-state index contributed by atoms with van der Waals surface area (Å²) in [4.78, 5) is 12.8. The minimum atomic E-state index is 0.547. The number of anilines is 1. The van der Waals surface area contributed by atoms with E-state index in [0.717, 1.165) is 29.1 Å². The van der Waals surface area contributed by atoms with Crippen LogP contribution in [0.25, 0.3) is 11.3 Å². The first-order chi connectivity index (χ1) is 7.72. The highest BCUT2D eigenvalue weighted by atomic mass is 15.0. The van der Waals surface area contributed by atoms with Crippen molar-refractivity contribution in [1.29, 1.82) is 0 Å². The number of rotatable bonds is 2. The average molecular weight is 214 g/mol. The van der Waals surface area contributed by atoms with Crippen LogP contribution < -0.4 is 5.73 Å². The highest BCUT2D eigenvalue weighted by molar-refractivity contribution is 5.66. The summed E-state index contributed by atoms with van der Waals surface area (Å²) in [6, 6.07) is 3.86. The summed E-state index contributed by atoms with van der Waals surface area (Å²) in [6.07, 6.45) is 4.30. The number of hydrogen-bond donors (Lipinski definition) is 1. The molecule has 82 valence electrons. The Balaban J connectivity index is 2.60. The Morgan fingerprint density at radius 1 is 1.31 bits per heavy atom. The van der Waals surface area contributed by atoms with Gasteiger partial charge in [-0.2, -0.15) is 0 Å².